The Morgan fingerprint density at radius 1 is 1.47 bits per heavy atom. The third-order valence-corrected chi connectivity index (χ3v) is 2.59. The first kappa shape index (κ1) is 13.5. The first-order valence-corrected chi connectivity index (χ1v) is 5.75. The van der Waals surface area contributed by atoms with Crippen molar-refractivity contribution >= 4 is 11.8 Å². The maximum atomic E-state index is 11.8. The van der Waals surface area contributed by atoms with Crippen molar-refractivity contribution in [3.8, 4) is 0 Å². The zero-order valence-electron chi connectivity index (χ0n) is 10.6. The minimum atomic E-state index is -0.707. The van der Waals surface area contributed by atoms with Crippen LogP contribution in [-0.2, 0) is 14.3 Å². The molecule has 17 heavy (non-hydrogen) atoms. The monoisotopic (exact) mass is 240 g/mol. The first-order chi connectivity index (χ1) is 7.82. The number of nitrogens with one attached hydrogen (secondary N) is 1. The summed E-state index contributed by atoms with van der Waals surface area (Å²) in [5.74, 6) is -0.627. The molecule has 0 aromatic carbocycles. The third-order valence-electron chi connectivity index (χ3n) is 2.59. The van der Waals surface area contributed by atoms with Crippen LogP contribution in [0.1, 0.15) is 33.6 Å². The van der Waals surface area contributed by atoms with E-state index in [1.54, 1.807) is 6.08 Å². The third kappa shape index (κ3) is 3.76. The van der Waals surface area contributed by atoms with E-state index in [-0.39, 0.29) is 11.7 Å². The summed E-state index contributed by atoms with van der Waals surface area (Å²) < 4.78 is 5.23. The summed E-state index contributed by atoms with van der Waals surface area (Å²) in [7, 11) is 0. The average molecular weight is 240 g/mol. The van der Waals surface area contributed by atoms with Crippen LogP contribution >= 0.6 is 0 Å². The van der Waals surface area contributed by atoms with Gasteiger partial charge in [0.05, 0.1) is 6.61 Å². The Balaban J connectivity index is 2.71. The van der Waals surface area contributed by atoms with Gasteiger partial charge in [-0.15, -0.1) is 0 Å². The number of ether oxygens (including phenoxy) is 1. The van der Waals surface area contributed by atoms with Crippen LogP contribution in [0, 0.1) is 5.41 Å². The molecule has 1 rings (SSSR count). The molecule has 0 saturated carbocycles. The second-order valence-corrected chi connectivity index (χ2v) is 5.23. The number of allylic oxidation sites excluding steroid dienone is 1. The number of hydrogen-bond acceptors (Lipinski definition) is 3. The van der Waals surface area contributed by atoms with Gasteiger partial charge in [0, 0.05) is 0 Å². The molecule has 1 heterocycles. The van der Waals surface area contributed by atoms with Gasteiger partial charge >= 0.3 is 0 Å². The lowest BCUT2D eigenvalue weighted by Gasteiger charge is -2.29. The van der Waals surface area contributed by atoms with E-state index in [0.29, 0.717) is 6.61 Å². The number of primary amides is 1. The number of carbonyl (C=O) groups excluding carboxylic acids is 2. The molecule has 1 aliphatic heterocycles. The predicted molar refractivity (Wildman–Crippen MR) is 63.8 cm³/mol. The predicted octanol–water partition coefficient (Wildman–Crippen LogP) is 0.697. The van der Waals surface area contributed by atoms with Gasteiger partial charge in [0.2, 0.25) is 5.91 Å². The van der Waals surface area contributed by atoms with Crippen LogP contribution in [0.4, 0.5) is 0 Å². The van der Waals surface area contributed by atoms with E-state index in [9.17, 15) is 9.59 Å². The molecular formula is C12H20N2O3. The number of carbonyl (C=O) groups is 2. The van der Waals surface area contributed by atoms with Crippen LogP contribution in [0.5, 0.6) is 0 Å². The van der Waals surface area contributed by atoms with E-state index in [2.05, 4.69) is 5.32 Å². The van der Waals surface area contributed by atoms with Crippen LogP contribution in [0.3, 0.4) is 0 Å². The van der Waals surface area contributed by atoms with E-state index in [1.807, 2.05) is 20.8 Å². The second kappa shape index (κ2) is 5.21. The molecule has 3 N–H and O–H groups in total. The van der Waals surface area contributed by atoms with Crippen molar-refractivity contribution in [3.63, 3.8) is 0 Å². The summed E-state index contributed by atoms with van der Waals surface area (Å²) in [4.78, 5) is 23.2. The highest BCUT2D eigenvalue weighted by atomic mass is 16.5. The largest absolute Gasteiger partial charge is 0.488 e. The minimum Gasteiger partial charge on any atom is -0.488 e. The van der Waals surface area contributed by atoms with Gasteiger partial charge in [-0.1, -0.05) is 20.8 Å². The smallest absolute Gasteiger partial charge is 0.286 e. The lowest BCUT2D eigenvalue weighted by atomic mass is 9.86. The van der Waals surface area contributed by atoms with Gasteiger partial charge in [-0.05, 0) is 24.3 Å². The topological polar surface area (TPSA) is 81.4 Å². The zero-order chi connectivity index (χ0) is 13.1. The van der Waals surface area contributed by atoms with Crippen molar-refractivity contribution in [2.45, 2.75) is 39.7 Å². The Morgan fingerprint density at radius 3 is 2.53 bits per heavy atom. The van der Waals surface area contributed by atoms with Gasteiger partial charge in [-0.2, -0.15) is 0 Å². The first-order valence-electron chi connectivity index (χ1n) is 5.75. The van der Waals surface area contributed by atoms with Gasteiger partial charge in [-0.3, -0.25) is 9.59 Å². The normalized spacial score (nSPS) is 17.7. The molecule has 0 aromatic rings. The van der Waals surface area contributed by atoms with E-state index in [4.69, 9.17) is 10.5 Å². The van der Waals surface area contributed by atoms with E-state index in [1.165, 1.54) is 0 Å². The molecule has 0 spiro atoms. The quantitative estimate of drug-likeness (QED) is 0.761. The molecule has 0 bridgehead atoms. The standard InChI is InChI=1S/C12H20N2O3/c1-12(2,3)9(10(13)15)14-11(16)8-6-4-5-7-17-8/h6,9H,4-5,7H2,1-3H3,(H2,13,15)(H,14,16)/t9-/m1/s1. The second-order valence-electron chi connectivity index (χ2n) is 5.23. The fraction of sp³-hybridized carbons (Fsp3) is 0.667. The van der Waals surface area contributed by atoms with Gasteiger partial charge in [-0.25, -0.2) is 0 Å². The van der Waals surface area contributed by atoms with E-state index in [0.717, 1.165) is 12.8 Å². The molecule has 0 unspecified atom stereocenters. The Kier molecular flexibility index (Phi) is 4.15. The Hall–Kier alpha value is -1.52. The molecule has 5 heteroatoms. The van der Waals surface area contributed by atoms with Crippen molar-refractivity contribution in [3.05, 3.63) is 11.8 Å². The van der Waals surface area contributed by atoms with Crippen LogP contribution < -0.4 is 11.1 Å². The summed E-state index contributed by atoms with van der Waals surface area (Å²) >= 11 is 0. The molecule has 96 valence electrons. The van der Waals surface area contributed by atoms with Gasteiger partial charge in [0.25, 0.3) is 5.91 Å². The highest BCUT2D eigenvalue weighted by molar-refractivity contribution is 5.95. The van der Waals surface area contributed by atoms with Crippen molar-refractivity contribution in [2.75, 3.05) is 6.61 Å². The molecule has 1 aliphatic rings. The molecule has 0 aromatic heterocycles. The lowest BCUT2D eigenvalue weighted by molar-refractivity contribution is -0.129. The van der Waals surface area contributed by atoms with Crippen LogP contribution in [0.25, 0.3) is 0 Å². The van der Waals surface area contributed by atoms with Crippen molar-refractivity contribution in [2.24, 2.45) is 11.1 Å². The van der Waals surface area contributed by atoms with Crippen LogP contribution in [-0.4, -0.2) is 24.5 Å². The molecule has 1 atom stereocenters. The average Bonchev–Trinajstić information content (AvgIpc) is 2.24. The number of amides is 2. The molecule has 0 aliphatic carbocycles. The number of nitrogens with two attached hydrogens (primary N) is 1. The molecule has 0 fully saturated rings. The van der Waals surface area contributed by atoms with Crippen LogP contribution in [0.15, 0.2) is 11.8 Å². The van der Waals surface area contributed by atoms with Crippen molar-refractivity contribution in [1.29, 1.82) is 0 Å². The SMILES string of the molecule is CC(C)(C)[C@H](NC(=O)C1=CCCCO1)C(N)=O. The Labute approximate surface area is 101 Å². The molecule has 0 saturated heterocycles. The van der Waals surface area contributed by atoms with Gasteiger partial charge < -0.3 is 15.8 Å². The fourth-order valence-corrected chi connectivity index (χ4v) is 1.63. The zero-order valence-corrected chi connectivity index (χ0v) is 10.6. The van der Waals surface area contributed by atoms with Crippen molar-refractivity contribution in [1.82, 2.24) is 5.32 Å². The van der Waals surface area contributed by atoms with E-state index < -0.39 is 17.4 Å². The summed E-state index contributed by atoms with van der Waals surface area (Å²) in [6, 6.07) is -0.707. The summed E-state index contributed by atoms with van der Waals surface area (Å²) in [5.41, 5.74) is 4.87. The van der Waals surface area contributed by atoms with E-state index >= 15 is 0 Å². The molecule has 2 amide bonds. The number of hydrogen-bond donors (Lipinski definition) is 2. The highest BCUT2D eigenvalue weighted by Crippen LogP contribution is 2.20. The summed E-state index contributed by atoms with van der Waals surface area (Å²) in [6.45, 7) is 6.08. The summed E-state index contributed by atoms with van der Waals surface area (Å²) in [6.07, 6.45) is 3.47. The van der Waals surface area contributed by atoms with Crippen molar-refractivity contribution < 1.29 is 14.3 Å². The highest BCUT2D eigenvalue weighted by Gasteiger charge is 2.32. The summed E-state index contributed by atoms with van der Waals surface area (Å²) in [5, 5.41) is 2.62. The fourth-order valence-electron chi connectivity index (χ4n) is 1.63. The van der Waals surface area contributed by atoms with Gasteiger partial charge in [0.15, 0.2) is 5.76 Å². The number of rotatable bonds is 3. The van der Waals surface area contributed by atoms with Crippen LogP contribution in [0.2, 0.25) is 0 Å². The molecule has 5 nitrogen and oxygen atoms in total. The lowest BCUT2D eigenvalue weighted by Crippen LogP contribution is -2.52. The van der Waals surface area contributed by atoms with Gasteiger partial charge in [0.1, 0.15) is 6.04 Å². The Morgan fingerprint density at radius 2 is 2.12 bits per heavy atom. The molecular weight excluding hydrogens is 220 g/mol. The maximum Gasteiger partial charge on any atom is 0.286 e. The minimum absolute atomic E-state index is 0.284. The Bertz CT molecular complexity index is 342. The molecule has 0 radical (unpaired) electrons. The maximum absolute atomic E-state index is 11.8.